The Morgan fingerprint density at radius 2 is 1.67 bits per heavy atom. The fraction of sp³-hybridized carbons (Fsp3) is 0.647. The van der Waals surface area contributed by atoms with Crippen molar-refractivity contribution in [3.63, 3.8) is 0 Å². The molecule has 1 atom stereocenters. The van der Waals surface area contributed by atoms with Gasteiger partial charge < -0.3 is 14.9 Å². The fourth-order valence-electron chi connectivity index (χ4n) is 2.96. The number of hydrogen-bond acceptors (Lipinski definition) is 4. The van der Waals surface area contributed by atoms with Crippen molar-refractivity contribution in [2.75, 3.05) is 57.3 Å². The summed E-state index contributed by atoms with van der Waals surface area (Å²) in [6.45, 7) is 12.0. The van der Waals surface area contributed by atoms with Crippen LogP contribution in [0.4, 0.5) is 5.69 Å². The molecule has 1 N–H and O–H groups in total. The van der Waals surface area contributed by atoms with Crippen LogP contribution in [-0.4, -0.2) is 73.4 Å². The minimum absolute atomic E-state index is 0.242. The largest absolute Gasteiger partial charge is 0.390 e. The lowest BCUT2D eigenvalue weighted by atomic mass is 10.2. The number of piperazine rings is 1. The highest BCUT2D eigenvalue weighted by Crippen LogP contribution is 2.15. The number of hydrogen-bond donors (Lipinski definition) is 1. The van der Waals surface area contributed by atoms with Crippen LogP contribution in [0.1, 0.15) is 13.8 Å². The van der Waals surface area contributed by atoms with E-state index in [0.29, 0.717) is 0 Å². The van der Waals surface area contributed by atoms with Crippen LogP contribution in [0.15, 0.2) is 30.3 Å². The summed E-state index contributed by atoms with van der Waals surface area (Å²) < 4.78 is 0. The van der Waals surface area contributed by atoms with Gasteiger partial charge in [-0.2, -0.15) is 0 Å². The number of likely N-dealkylation sites (N-methyl/N-ethyl adjacent to an activating group) is 1. The van der Waals surface area contributed by atoms with E-state index in [1.807, 2.05) is 0 Å². The number of nitrogens with zero attached hydrogens (tertiary/aromatic N) is 3. The number of β-amino-alcohol motifs (C(OH)–C–C–N with tert-alkyl or cyclic N) is 1. The summed E-state index contributed by atoms with van der Waals surface area (Å²) in [5, 5.41) is 10.2. The Morgan fingerprint density at radius 1 is 1.05 bits per heavy atom. The van der Waals surface area contributed by atoms with Crippen LogP contribution >= 0.6 is 0 Å². The zero-order valence-electron chi connectivity index (χ0n) is 13.4. The van der Waals surface area contributed by atoms with Gasteiger partial charge in [0.2, 0.25) is 0 Å². The van der Waals surface area contributed by atoms with E-state index >= 15 is 0 Å². The standard InChI is InChI=1S/C17H29N3O/c1-3-18(4-2)14-17(21)15-19-10-12-20(13-11-19)16-8-6-5-7-9-16/h5-9,17,21H,3-4,10-15H2,1-2H3. The third kappa shape index (κ3) is 4.99. The molecular formula is C17H29N3O. The molecule has 1 aliphatic rings. The van der Waals surface area contributed by atoms with Gasteiger partial charge in [-0.25, -0.2) is 0 Å². The maximum Gasteiger partial charge on any atom is 0.0793 e. The molecule has 0 radical (unpaired) electrons. The molecule has 4 heteroatoms. The SMILES string of the molecule is CCN(CC)CC(O)CN1CCN(c2ccccc2)CC1. The van der Waals surface area contributed by atoms with Crippen molar-refractivity contribution in [3.8, 4) is 0 Å². The number of anilines is 1. The zero-order valence-corrected chi connectivity index (χ0v) is 13.4. The smallest absolute Gasteiger partial charge is 0.0793 e. The zero-order chi connectivity index (χ0) is 15.1. The topological polar surface area (TPSA) is 30.0 Å². The average molecular weight is 291 g/mol. The molecule has 4 nitrogen and oxygen atoms in total. The number of aliphatic hydroxyl groups excluding tert-OH is 1. The van der Waals surface area contributed by atoms with E-state index in [-0.39, 0.29) is 6.10 Å². The average Bonchev–Trinajstić information content (AvgIpc) is 2.54. The second-order valence-corrected chi connectivity index (χ2v) is 5.76. The summed E-state index contributed by atoms with van der Waals surface area (Å²) in [6, 6.07) is 10.6. The number of aliphatic hydroxyl groups is 1. The molecule has 21 heavy (non-hydrogen) atoms. The summed E-state index contributed by atoms with van der Waals surface area (Å²) >= 11 is 0. The van der Waals surface area contributed by atoms with Crippen molar-refractivity contribution in [3.05, 3.63) is 30.3 Å². The predicted molar refractivity (Wildman–Crippen MR) is 88.9 cm³/mol. The number of para-hydroxylation sites is 1. The highest BCUT2D eigenvalue weighted by Gasteiger charge is 2.20. The molecule has 118 valence electrons. The Hall–Kier alpha value is -1.10. The quantitative estimate of drug-likeness (QED) is 0.825. The molecular weight excluding hydrogens is 262 g/mol. The first-order chi connectivity index (χ1) is 10.2. The van der Waals surface area contributed by atoms with E-state index < -0.39 is 0 Å². The Kier molecular flexibility index (Phi) is 6.49. The first-order valence-corrected chi connectivity index (χ1v) is 8.15. The normalized spacial score (nSPS) is 18.2. The van der Waals surface area contributed by atoms with Crippen molar-refractivity contribution in [2.24, 2.45) is 0 Å². The monoisotopic (exact) mass is 291 g/mol. The first kappa shape index (κ1) is 16.3. The van der Waals surface area contributed by atoms with Gasteiger partial charge in [0.05, 0.1) is 6.10 Å². The molecule has 0 saturated carbocycles. The van der Waals surface area contributed by atoms with Gasteiger partial charge in [-0.3, -0.25) is 4.90 Å². The van der Waals surface area contributed by atoms with Crippen LogP contribution in [0, 0.1) is 0 Å². The maximum atomic E-state index is 10.2. The Balaban J connectivity index is 1.74. The van der Waals surface area contributed by atoms with Gasteiger partial charge in [-0.05, 0) is 25.2 Å². The van der Waals surface area contributed by atoms with E-state index in [9.17, 15) is 5.11 Å². The summed E-state index contributed by atoms with van der Waals surface area (Å²) in [4.78, 5) is 7.09. The highest BCUT2D eigenvalue weighted by atomic mass is 16.3. The predicted octanol–water partition coefficient (Wildman–Crippen LogP) is 1.51. The van der Waals surface area contributed by atoms with Gasteiger partial charge in [0, 0.05) is 45.0 Å². The minimum atomic E-state index is -0.242. The molecule has 0 aromatic heterocycles. The summed E-state index contributed by atoms with van der Waals surface area (Å²) in [5.74, 6) is 0. The lowest BCUT2D eigenvalue weighted by molar-refractivity contribution is 0.0749. The lowest BCUT2D eigenvalue weighted by Crippen LogP contribution is -2.50. The molecule has 2 rings (SSSR count). The maximum absolute atomic E-state index is 10.2. The second kappa shape index (κ2) is 8.37. The van der Waals surface area contributed by atoms with Crippen LogP contribution in [-0.2, 0) is 0 Å². The molecule has 0 spiro atoms. The van der Waals surface area contributed by atoms with E-state index in [0.717, 1.165) is 52.4 Å². The van der Waals surface area contributed by atoms with Crippen molar-refractivity contribution < 1.29 is 5.11 Å². The Labute approximate surface area is 129 Å². The van der Waals surface area contributed by atoms with E-state index in [1.165, 1.54) is 5.69 Å². The van der Waals surface area contributed by atoms with E-state index in [1.54, 1.807) is 0 Å². The van der Waals surface area contributed by atoms with Crippen LogP contribution in [0.2, 0.25) is 0 Å². The Morgan fingerprint density at radius 3 is 2.24 bits per heavy atom. The van der Waals surface area contributed by atoms with Gasteiger partial charge in [0.15, 0.2) is 0 Å². The molecule has 1 heterocycles. The van der Waals surface area contributed by atoms with Crippen LogP contribution < -0.4 is 4.90 Å². The molecule has 0 amide bonds. The molecule has 1 aromatic rings. The third-order valence-corrected chi connectivity index (χ3v) is 4.33. The number of benzene rings is 1. The van der Waals surface area contributed by atoms with Gasteiger partial charge in [0.1, 0.15) is 0 Å². The third-order valence-electron chi connectivity index (χ3n) is 4.33. The second-order valence-electron chi connectivity index (χ2n) is 5.76. The summed E-state index contributed by atoms with van der Waals surface area (Å²) in [7, 11) is 0. The molecule has 1 unspecified atom stereocenters. The fourth-order valence-corrected chi connectivity index (χ4v) is 2.96. The highest BCUT2D eigenvalue weighted by molar-refractivity contribution is 5.46. The van der Waals surface area contributed by atoms with Crippen molar-refractivity contribution in [1.82, 2.24) is 9.80 Å². The lowest BCUT2D eigenvalue weighted by Gasteiger charge is -2.37. The molecule has 0 aliphatic carbocycles. The number of rotatable bonds is 7. The van der Waals surface area contributed by atoms with Crippen LogP contribution in [0.5, 0.6) is 0 Å². The minimum Gasteiger partial charge on any atom is -0.390 e. The molecule has 1 aliphatic heterocycles. The van der Waals surface area contributed by atoms with Gasteiger partial charge >= 0.3 is 0 Å². The van der Waals surface area contributed by atoms with Gasteiger partial charge in [-0.15, -0.1) is 0 Å². The van der Waals surface area contributed by atoms with E-state index in [4.69, 9.17) is 0 Å². The van der Waals surface area contributed by atoms with Crippen LogP contribution in [0.3, 0.4) is 0 Å². The molecule has 1 fully saturated rings. The van der Waals surface area contributed by atoms with Crippen molar-refractivity contribution in [2.45, 2.75) is 20.0 Å². The Bertz CT molecular complexity index is 386. The molecule has 1 aromatic carbocycles. The van der Waals surface area contributed by atoms with Gasteiger partial charge in [-0.1, -0.05) is 32.0 Å². The van der Waals surface area contributed by atoms with Crippen molar-refractivity contribution >= 4 is 5.69 Å². The molecule has 0 bridgehead atoms. The van der Waals surface area contributed by atoms with Crippen molar-refractivity contribution in [1.29, 1.82) is 0 Å². The first-order valence-electron chi connectivity index (χ1n) is 8.15. The summed E-state index contributed by atoms with van der Waals surface area (Å²) in [6.07, 6.45) is -0.242. The molecule has 1 saturated heterocycles. The van der Waals surface area contributed by atoms with Crippen LogP contribution in [0.25, 0.3) is 0 Å². The summed E-state index contributed by atoms with van der Waals surface area (Å²) in [5.41, 5.74) is 1.31. The van der Waals surface area contributed by atoms with E-state index in [2.05, 4.69) is 58.9 Å². The van der Waals surface area contributed by atoms with Gasteiger partial charge in [0.25, 0.3) is 0 Å².